The summed E-state index contributed by atoms with van der Waals surface area (Å²) in [6, 6.07) is -8.65. The third kappa shape index (κ3) is 20.5. The molecule has 100 heavy (non-hydrogen) atoms. The number of amides is 12. The smallest absolute Gasteiger partial charge is 0.378 e. The number of likely N-dealkylation sites (N-methyl/N-ethyl adjacent to an activating group) is 7. The molecule has 564 valence electrons. The molecule has 12 amide bonds. The molecule has 7 fully saturated rings. The molecule has 4 aliphatic carbocycles. The highest BCUT2D eigenvalue weighted by Crippen LogP contribution is 2.44. The molecular formula is C71H114ClF3N12O13. The minimum atomic E-state index is -4.51. The van der Waals surface area contributed by atoms with Crippen LogP contribution < -0.4 is 16.0 Å². The largest absolute Gasteiger partial charge is 0.393 e. The molecule has 3 aliphatic heterocycles. The summed E-state index contributed by atoms with van der Waals surface area (Å²) < 4.78 is 47.6. The molecule has 3 heterocycles. The number of halogens is 4. The Morgan fingerprint density at radius 2 is 1.19 bits per heavy atom. The highest BCUT2D eigenvalue weighted by Gasteiger charge is 2.52. The van der Waals surface area contributed by atoms with Gasteiger partial charge in [-0.2, -0.15) is 13.2 Å². The van der Waals surface area contributed by atoms with Gasteiger partial charge in [0.05, 0.1) is 45.2 Å². The molecule has 0 aromatic heterocycles. The molecule has 3 N–H and O–H groups in total. The van der Waals surface area contributed by atoms with Gasteiger partial charge in [0.25, 0.3) is 0 Å². The van der Waals surface area contributed by atoms with Gasteiger partial charge in [0, 0.05) is 74.3 Å². The van der Waals surface area contributed by atoms with Gasteiger partial charge in [-0.25, -0.2) is 0 Å². The average Bonchev–Trinajstić information content (AvgIpc) is 1.54. The zero-order valence-corrected chi connectivity index (χ0v) is 61.8. The van der Waals surface area contributed by atoms with Crippen molar-refractivity contribution in [3.8, 4) is 0 Å². The molecule has 7 aliphatic rings. The van der Waals surface area contributed by atoms with E-state index in [1.807, 2.05) is 13.8 Å². The lowest BCUT2D eigenvalue weighted by molar-refractivity contribution is -0.182. The van der Waals surface area contributed by atoms with E-state index < -0.39 is 174 Å². The molecule has 0 bridgehead atoms. The summed E-state index contributed by atoms with van der Waals surface area (Å²) in [7, 11) is 9.98. The van der Waals surface area contributed by atoms with E-state index in [9.17, 15) is 41.9 Å². The van der Waals surface area contributed by atoms with Crippen LogP contribution in [-0.4, -0.2) is 276 Å². The van der Waals surface area contributed by atoms with E-state index in [1.54, 1.807) is 13.8 Å². The van der Waals surface area contributed by atoms with Crippen molar-refractivity contribution in [1.82, 2.24) is 60.0 Å². The number of carbonyl (C=O) groups excluding carboxylic acids is 12. The van der Waals surface area contributed by atoms with Crippen molar-refractivity contribution < 1.29 is 75.4 Å². The molecule has 1 spiro atoms. The zero-order valence-electron chi connectivity index (χ0n) is 61.1. The molecule has 0 aromatic rings. The van der Waals surface area contributed by atoms with Gasteiger partial charge in [0.15, 0.2) is 0 Å². The van der Waals surface area contributed by atoms with E-state index in [1.165, 1.54) is 78.7 Å². The van der Waals surface area contributed by atoms with Crippen molar-refractivity contribution in [2.75, 3.05) is 102 Å². The van der Waals surface area contributed by atoms with Crippen LogP contribution in [0, 0.1) is 35.5 Å². The third-order valence-corrected chi connectivity index (χ3v) is 23.0. The van der Waals surface area contributed by atoms with Crippen LogP contribution in [0.25, 0.3) is 0 Å². The van der Waals surface area contributed by atoms with E-state index in [4.69, 9.17) is 16.3 Å². The minimum Gasteiger partial charge on any atom is -0.378 e. The molecule has 25 nitrogen and oxygen atoms in total. The maximum absolute atomic E-state index is 15.8. The Balaban J connectivity index is 1.27. The molecule has 10 atom stereocenters. The zero-order chi connectivity index (χ0) is 73.7. The Morgan fingerprint density at radius 3 is 1.79 bits per heavy atom. The number of carbonyl (C=O) groups is 12. The van der Waals surface area contributed by atoms with Crippen LogP contribution in [-0.2, 0) is 62.3 Å². The predicted octanol–water partition coefficient (Wildman–Crippen LogP) is 4.94. The highest BCUT2D eigenvalue weighted by atomic mass is 35.5. The quantitative estimate of drug-likeness (QED) is 0.245. The summed E-state index contributed by atoms with van der Waals surface area (Å²) in [5.41, 5.74) is -1.56. The summed E-state index contributed by atoms with van der Waals surface area (Å²) in [5, 5.41) is 7.56. The van der Waals surface area contributed by atoms with Crippen LogP contribution in [0.1, 0.15) is 182 Å². The Bertz CT molecular complexity index is 2900. The van der Waals surface area contributed by atoms with Gasteiger partial charge in [-0.3, -0.25) is 57.5 Å². The molecule has 3 unspecified atom stereocenters. The Labute approximate surface area is 594 Å². The lowest BCUT2D eigenvalue weighted by Gasteiger charge is -2.43. The van der Waals surface area contributed by atoms with Crippen LogP contribution in [0.2, 0.25) is 0 Å². The van der Waals surface area contributed by atoms with E-state index in [2.05, 4.69) is 16.0 Å². The first-order valence-corrected chi connectivity index (χ1v) is 37.2. The predicted molar refractivity (Wildman–Crippen MR) is 367 cm³/mol. The SMILES string of the molecule is CC(C)C[C@H]1C(=O)N[C@@H](C(C)C)C(=O)N(C)CC(=O)N(C)CC(=O)N(C)[C@@H](CC2CCCCC2)C(=O)N(C)CC(=O)N[C@@H](CCC2CCC(C(F)(F)F)C(Cl)C2)C(=O)N2CCC[C@H]2C(=O)NC2(CCCC2)C(=O)N(C)[C@@H](C2CCCCC2)C(=O)N(C)[C@H](C(=O)N2CCOCC2)CC(=O)N1C. The fourth-order valence-corrected chi connectivity index (χ4v) is 16.8. The molecule has 0 radical (unpaired) electrons. The second-order valence-electron chi connectivity index (χ2n) is 30.7. The summed E-state index contributed by atoms with van der Waals surface area (Å²) in [6.45, 7) is 6.28. The van der Waals surface area contributed by atoms with Gasteiger partial charge in [-0.15, -0.1) is 11.6 Å². The van der Waals surface area contributed by atoms with Crippen LogP contribution >= 0.6 is 11.6 Å². The van der Waals surface area contributed by atoms with E-state index in [0.717, 1.165) is 66.1 Å². The fourth-order valence-electron chi connectivity index (χ4n) is 16.3. The van der Waals surface area contributed by atoms with Crippen molar-refractivity contribution in [1.29, 1.82) is 0 Å². The third-order valence-electron chi connectivity index (χ3n) is 22.6. The molecule has 3 saturated heterocycles. The number of morpholine rings is 1. The fraction of sp³-hybridized carbons (Fsp3) is 0.831. The number of fused-ring (bicyclic) bond motifs is 1. The van der Waals surface area contributed by atoms with Gasteiger partial charge >= 0.3 is 6.18 Å². The van der Waals surface area contributed by atoms with Gasteiger partial charge in [-0.1, -0.05) is 91.9 Å². The number of hydrogen-bond acceptors (Lipinski definition) is 13. The maximum atomic E-state index is 15.8. The number of alkyl halides is 4. The summed E-state index contributed by atoms with van der Waals surface area (Å²) in [6.07, 6.45) is 5.06. The first kappa shape index (κ1) is 81.0. The van der Waals surface area contributed by atoms with E-state index in [0.29, 0.717) is 32.1 Å². The highest BCUT2D eigenvalue weighted by molar-refractivity contribution is 6.21. The second-order valence-corrected chi connectivity index (χ2v) is 31.2. The van der Waals surface area contributed by atoms with Gasteiger partial charge < -0.3 is 64.8 Å². The molecule has 7 rings (SSSR count). The molecule has 4 saturated carbocycles. The van der Waals surface area contributed by atoms with Crippen LogP contribution in [0.4, 0.5) is 13.2 Å². The summed E-state index contributed by atoms with van der Waals surface area (Å²) in [4.78, 5) is 190. The molecule has 0 aromatic carbocycles. The number of hydrogen-bond donors (Lipinski definition) is 3. The normalized spacial score (nSPS) is 29.9. The van der Waals surface area contributed by atoms with Crippen LogP contribution in [0.5, 0.6) is 0 Å². The number of rotatable bonds is 10. The van der Waals surface area contributed by atoms with Crippen molar-refractivity contribution >= 4 is 82.5 Å². The maximum Gasteiger partial charge on any atom is 0.393 e. The Kier molecular flexibility index (Phi) is 29.3. The van der Waals surface area contributed by atoms with Crippen LogP contribution in [0.15, 0.2) is 0 Å². The van der Waals surface area contributed by atoms with Crippen molar-refractivity contribution in [2.24, 2.45) is 35.5 Å². The molecule has 29 heteroatoms. The lowest BCUT2D eigenvalue weighted by atomic mass is 9.78. The summed E-state index contributed by atoms with van der Waals surface area (Å²) >= 11 is 6.40. The van der Waals surface area contributed by atoms with Crippen LogP contribution in [0.3, 0.4) is 0 Å². The second kappa shape index (κ2) is 36.2. The Hall–Kier alpha value is -6.32. The van der Waals surface area contributed by atoms with Crippen molar-refractivity contribution in [3.63, 3.8) is 0 Å². The Morgan fingerprint density at radius 1 is 0.590 bits per heavy atom. The van der Waals surface area contributed by atoms with Crippen molar-refractivity contribution in [3.05, 3.63) is 0 Å². The lowest BCUT2D eigenvalue weighted by Crippen LogP contribution is -2.65. The average molecular weight is 1440 g/mol. The number of nitrogens with zero attached hydrogens (tertiary/aromatic N) is 9. The van der Waals surface area contributed by atoms with Gasteiger partial charge in [-0.05, 0) is 113 Å². The van der Waals surface area contributed by atoms with E-state index in [-0.39, 0.29) is 115 Å². The van der Waals surface area contributed by atoms with Gasteiger partial charge in [0.2, 0.25) is 70.9 Å². The minimum absolute atomic E-state index is 0.00111. The monoisotopic (exact) mass is 1430 g/mol. The van der Waals surface area contributed by atoms with Gasteiger partial charge in [0.1, 0.15) is 47.8 Å². The number of ether oxygens (including phenoxy) is 1. The van der Waals surface area contributed by atoms with Crippen molar-refractivity contribution in [2.45, 2.75) is 241 Å². The first-order valence-electron chi connectivity index (χ1n) is 36.7. The summed E-state index contributed by atoms with van der Waals surface area (Å²) in [5.74, 6) is -10.8. The number of nitrogens with one attached hydrogen (secondary N) is 3. The van der Waals surface area contributed by atoms with E-state index >= 15 is 28.8 Å². The first-order chi connectivity index (χ1) is 47.2. The topological polar surface area (TPSA) is 279 Å². The molecular weight excluding hydrogens is 1320 g/mol. The standard InChI is InChI=1S/C71H114ClF3N12O13/c1-44(2)37-53-62(92)77-60(45(3)4)67(97)81(7)42-58(90)79(5)43-59(91)83(9)54(39-46-21-14-12-15-22-46)65(95)80(6)41-56(88)76-51(29-27-47-26-28-49(50(72)38-47)71(73,74)75)64(94)87-32-20-25-52(87)63(93)78-70(30-18-19-31-70)69(99)85(11)61(48-23-16-13-17-24-48)68(98)84(10)55(40-57(89)82(53)8)66(96)86-33-35-100-36-34-86/h44-55,60-61H,12-43H2,1-11H3,(H,76,88)(H,77,92)(H,78,93)/t47?,49?,50?,51-,52-,53-,54-,55-,60-,61-/m0/s1.